The molecule has 0 unspecified atom stereocenters. The Morgan fingerprint density at radius 1 is 1.00 bits per heavy atom. The molecule has 3 rings (SSSR count). The Labute approximate surface area is 200 Å². The number of hydrogen-bond acceptors (Lipinski definition) is 6. The molecule has 0 radical (unpaired) electrons. The SMILES string of the molecule is COc1cccc(C(=O)Nc2ccccc2C(=O)N/N=C\c2cc(Br)c(O)c(Br)c2O)c1. The summed E-state index contributed by atoms with van der Waals surface area (Å²) in [5.41, 5.74) is 3.47. The highest BCUT2D eigenvalue weighted by molar-refractivity contribution is 9.11. The summed E-state index contributed by atoms with van der Waals surface area (Å²) in [6.45, 7) is 0. The van der Waals surface area contributed by atoms with Crippen LogP contribution < -0.4 is 15.5 Å². The first-order valence-electron chi connectivity index (χ1n) is 9.09. The zero-order valence-corrected chi connectivity index (χ0v) is 19.8. The normalized spacial score (nSPS) is 10.7. The van der Waals surface area contributed by atoms with Gasteiger partial charge in [0.25, 0.3) is 11.8 Å². The Kier molecular flexibility index (Phi) is 7.49. The van der Waals surface area contributed by atoms with E-state index in [4.69, 9.17) is 4.74 Å². The van der Waals surface area contributed by atoms with Crippen LogP contribution >= 0.6 is 31.9 Å². The van der Waals surface area contributed by atoms with Crippen LogP contribution in [-0.4, -0.2) is 35.4 Å². The van der Waals surface area contributed by atoms with Gasteiger partial charge in [-0.2, -0.15) is 5.10 Å². The fraction of sp³-hybridized carbons (Fsp3) is 0.0455. The van der Waals surface area contributed by atoms with E-state index in [9.17, 15) is 19.8 Å². The molecular weight excluding hydrogens is 546 g/mol. The van der Waals surface area contributed by atoms with Crippen LogP contribution in [0.5, 0.6) is 17.2 Å². The number of benzene rings is 3. The zero-order valence-electron chi connectivity index (χ0n) is 16.6. The molecule has 3 aromatic rings. The molecule has 0 aromatic heterocycles. The average molecular weight is 563 g/mol. The van der Waals surface area contributed by atoms with Crippen LogP contribution in [0.15, 0.2) is 68.6 Å². The molecule has 3 aromatic carbocycles. The fourth-order valence-electron chi connectivity index (χ4n) is 2.68. The van der Waals surface area contributed by atoms with E-state index in [2.05, 4.69) is 47.7 Å². The molecule has 0 bridgehead atoms. The Balaban J connectivity index is 1.76. The number of nitrogens with zero attached hydrogens (tertiary/aromatic N) is 1. The number of ether oxygens (including phenoxy) is 1. The van der Waals surface area contributed by atoms with Crippen molar-refractivity contribution in [2.75, 3.05) is 12.4 Å². The van der Waals surface area contributed by atoms with Gasteiger partial charge in [-0.15, -0.1) is 0 Å². The van der Waals surface area contributed by atoms with Gasteiger partial charge >= 0.3 is 0 Å². The van der Waals surface area contributed by atoms with Crippen LogP contribution in [0.4, 0.5) is 5.69 Å². The first kappa shape index (κ1) is 23.3. The van der Waals surface area contributed by atoms with Crippen LogP contribution in [0.2, 0.25) is 0 Å². The number of para-hydroxylation sites is 1. The Morgan fingerprint density at radius 3 is 2.50 bits per heavy atom. The molecule has 0 saturated carbocycles. The summed E-state index contributed by atoms with van der Waals surface area (Å²) >= 11 is 6.23. The lowest BCUT2D eigenvalue weighted by Crippen LogP contribution is -2.21. The van der Waals surface area contributed by atoms with Gasteiger partial charge in [-0.3, -0.25) is 9.59 Å². The van der Waals surface area contributed by atoms with Crippen LogP contribution in [0, 0.1) is 0 Å². The molecule has 4 N–H and O–H groups in total. The maximum absolute atomic E-state index is 12.6. The Morgan fingerprint density at radius 2 is 1.75 bits per heavy atom. The highest BCUT2D eigenvalue weighted by atomic mass is 79.9. The van der Waals surface area contributed by atoms with Crippen molar-refractivity contribution in [1.29, 1.82) is 0 Å². The first-order valence-corrected chi connectivity index (χ1v) is 10.7. The van der Waals surface area contributed by atoms with E-state index in [0.717, 1.165) is 0 Å². The highest BCUT2D eigenvalue weighted by Crippen LogP contribution is 2.40. The van der Waals surface area contributed by atoms with Gasteiger partial charge < -0.3 is 20.3 Å². The standard InChI is InChI=1S/C22H17Br2N3O5/c1-32-14-6-4-5-12(9-14)21(30)26-17-8-3-2-7-15(17)22(31)27-25-11-13-10-16(23)20(29)18(24)19(13)28/h2-11,28-29H,1H3,(H,26,30)(H,27,31)/b25-11-. The van der Waals surface area contributed by atoms with Crippen molar-refractivity contribution in [3.63, 3.8) is 0 Å². The van der Waals surface area contributed by atoms with Gasteiger partial charge in [0.2, 0.25) is 0 Å². The first-order chi connectivity index (χ1) is 15.3. The average Bonchev–Trinajstić information content (AvgIpc) is 2.81. The monoisotopic (exact) mass is 561 g/mol. The second-order valence-electron chi connectivity index (χ2n) is 6.39. The van der Waals surface area contributed by atoms with Gasteiger partial charge in [-0.25, -0.2) is 5.43 Å². The van der Waals surface area contributed by atoms with Gasteiger partial charge in [0.15, 0.2) is 0 Å². The minimum absolute atomic E-state index is 0.0882. The lowest BCUT2D eigenvalue weighted by molar-refractivity contribution is 0.0956. The molecule has 0 fully saturated rings. The van der Waals surface area contributed by atoms with Crippen LogP contribution in [0.1, 0.15) is 26.3 Å². The molecule has 0 atom stereocenters. The number of phenolic OH excluding ortho intramolecular Hbond substituents is 2. The lowest BCUT2D eigenvalue weighted by Gasteiger charge is -2.11. The van der Waals surface area contributed by atoms with E-state index >= 15 is 0 Å². The predicted molar refractivity (Wildman–Crippen MR) is 128 cm³/mol. The largest absolute Gasteiger partial charge is 0.506 e. The van der Waals surface area contributed by atoms with Crippen molar-refractivity contribution in [3.8, 4) is 17.2 Å². The van der Waals surface area contributed by atoms with Gasteiger partial charge in [0, 0.05) is 11.1 Å². The highest BCUT2D eigenvalue weighted by Gasteiger charge is 2.15. The van der Waals surface area contributed by atoms with E-state index < -0.39 is 11.8 Å². The number of phenols is 2. The molecule has 0 aliphatic rings. The van der Waals surface area contributed by atoms with Crippen molar-refractivity contribution in [3.05, 3.63) is 80.2 Å². The minimum atomic E-state index is -0.570. The quantitative estimate of drug-likeness (QED) is 0.257. The van der Waals surface area contributed by atoms with Crippen molar-refractivity contribution < 1.29 is 24.5 Å². The number of anilines is 1. The molecule has 8 nitrogen and oxygen atoms in total. The van der Waals surface area contributed by atoms with Gasteiger partial charge in [0.1, 0.15) is 21.7 Å². The number of halogens is 2. The smallest absolute Gasteiger partial charge is 0.273 e. The van der Waals surface area contributed by atoms with Gasteiger partial charge in [0.05, 0.1) is 29.0 Å². The second-order valence-corrected chi connectivity index (χ2v) is 8.04. The molecule has 0 spiro atoms. The summed E-state index contributed by atoms with van der Waals surface area (Å²) in [6.07, 6.45) is 1.22. The number of hydrogen-bond donors (Lipinski definition) is 4. The summed E-state index contributed by atoms with van der Waals surface area (Å²) in [5, 5.41) is 26.4. The van der Waals surface area contributed by atoms with Gasteiger partial charge in [-0.05, 0) is 68.3 Å². The molecule has 0 heterocycles. The van der Waals surface area contributed by atoms with Crippen LogP contribution in [0.25, 0.3) is 0 Å². The Hall–Kier alpha value is -3.37. The summed E-state index contributed by atoms with van der Waals surface area (Å²) in [5.74, 6) is -0.844. The molecular formula is C22H17Br2N3O5. The van der Waals surface area contributed by atoms with Crippen molar-refractivity contribution in [1.82, 2.24) is 5.43 Å². The molecule has 10 heteroatoms. The molecule has 0 aliphatic heterocycles. The number of aromatic hydroxyl groups is 2. The number of rotatable bonds is 6. The number of nitrogens with one attached hydrogen (secondary N) is 2. The third-order valence-corrected chi connectivity index (χ3v) is 5.67. The summed E-state index contributed by atoms with van der Waals surface area (Å²) in [6, 6.07) is 14.5. The topological polar surface area (TPSA) is 120 Å². The number of amides is 2. The van der Waals surface area contributed by atoms with Crippen molar-refractivity contribution >= 4 is 55.6 Å². The molecule has 0 aliphatic carbocycles. The Bertz CT molecular complexity index is 1210. The second kappa shape index (κ2) is 10.3. The minimum Gasteiger partial charge on any atom is -0.506 e. The maximum atomic E-state index is 12.6. The molecule has 164 valence electrons. The number of methoxy groups -OCH3 is 1. The van der Waals surface area contributed by atoms with E-state index in [0.29, 0.717) is 21.5 Å². The maximum Gasteiger partial charge on any atom is 0.273 e. The van der Waals surface area contributed by atoms with Gasteiger partial charge in [-0.1, -0.05) is 18.2 Å². The number of hydrazone groups is 1. The van der Waals surface area contributed by atoms with Crippen LogP contribution in [-0.2, 0) is 0 Å². The van der Waals surface area contributed by atoms with E-state index in [-0.39, 0.29) is 27.1 Å². The number of carbonyl (C=O) groups is 2. The summed E-state index contributed by atoms with van der Waals surface area (Å²) < 4.78 is 5.55. The predicted octanol–water partition coefficient (Wildman–Crippen LogP) is 4.65. The van der Waals surface area contributed by atoms with Crippen molar-refractivity contribution in [2.45, 2.75) is 0 Å². The lowest BCUT2D eigenvalue weighted by atomic mass is 10.1. The zero-order chi connectivity index (χ0) is 23.3. The third kappa shape index (κ3) is 5.27. The van der Waals surface area contributed by atoms with E-state index in [1.165, 1.54) is 25.5 Å². The van der Waals surface area contributed by atoms with E-state index in [1.54, 1.807) is 42.5 Å². The van der Waals surface area contributed by atoms with Crippen molar-refractivity contribution in [2.24, 2.45) is 5.10 Å². The summed E-state index contributed by atoms with van der Waals surface area (Å²) in [7, 11) is 1.51. The third-order valence-electron chi connectivity index (χ3n) is 4.32. The summed E-state index contributed by atoms with van der Waals surface area (Å²) in [4.78, 5) is 25.2. The number of carbonyl (C=O) groups excluding carboxylic acids is 2. The molecule has 2 amide bonds. The fourth-order valence-corrected chi connectivity index (χ4v) is 3.84. The molecule has 0 saturated heterocycles. The molecule has 32 heavy (non-hydrogen) atoms. The van der Waals surface area contributed by atoms with E-state index in [1.807, 2.05) is 0 Å². The van der Waals surface area contributed by atoms with Crippen LogP contribution in [0.3, 0.4) is 0 Å².